The van der Waals surface area contributed by atoms with Crippen molar-refractivity contribution in [1.29, 1.82) is 0 Å². The quantitative estimate of drug-likeness (QED) is 0.512. The molecule has 0 amide bonds. The number of anilines is 1. The number of rotatable bonds is 8. The molecule has 1 aromatic heterocycles. The van der Waals surface area contributed by atoms with Crippen molar-refractivity contribution in [3.05, 3.63) is 65.5 Å². The number of nitrogens with zero attached hydrogens (tertiary/aromatic N) is 2. The van der Waals surface area contributed by atoms with Crippen LogP contribution in [0, 0.1) is 5.92 Å². The van der Waals surface area contributed by atoms with Crippen LogP contribution in [0.4, 0.5) is 5.69 Å². The third kappa shape index (κ3) is 5.77. The number of benzene rings is 2. The van der Waals surface area contributed by atoms with E-state index in [1.165, 1.54) is 6.07 Å². The Labute approximate surface area is 181 Å². The van der Waals surface area contributed by atoms with Crippen molar-refractivity contribution in [2.75, 3.05) is 11.0 Å². The Bertz CT molecular complexity index is 1190. The molecule has 0 saturated heterocycles. The van der Waals surface area contributed by atoms with Crippen molar-refractivity contribution in [3.8, 4) is 11.5 Å². The molecule has 3 aromatic rings. The second-order valence-corrected chi connectivity index (χ2v) is 9.93. The van der Waals surface area contributed by atoms with Crippen LogP contribution in [-0.4, -0.2) is 30.7 Å². The molecule has 8 nitrogen and oxygen atoms in total. The fraction of sp³-hybridized carbons (Fsp3) is 0.318. The third-order valence-corrected chi connectivity index (χ3v) is 5.23. The summed E-state index contributed by atoms with van der Waals surface area (Å²) in [7, 11) is -3.54. The molecular formula is C22H26N4O4S. The predicted octanol–water partition coefficient (Wildman–Crippen LogP) is 3.36. The second kappa shape index (κ2) is 8.60. The number of Topliss-reactive ketones (excluding diaryl/α,β-unsaturated/α-hetero) is 1. The molecule has 0 spiro atoms. The molecule has 0 radical (unpaired) electrons. The Kier molecular flexibility index (Phi) is 6.28. The van der Waals surface area contributed by atoms with Gasteiger partial charge in [0.2, 0.25) is 21.8 Å². The standard InChI is InChI=1S/C22H26N4O4S/c1-14(2)19(27)16-10-17(12-18(11-16)26-31(4,28)29)20-24-25-21(30-20)22(3,23)13-15-8-6-5-7-9-15/h5-12,14,26H,13,23H2,1-4H3/t22-/m0/s1. The summed E-state index contributed by atoms with van der Waals surface area (Å²) in [5, 5.41) is 8.20. The van der Waals surface area contributed by atoms with E-state index in [2.05, 4.69) is 14.9 Å². The summed E-state index contributed by atoms with van der Waals surface area (Å²) in [6.07, 6.45) is 1.53. The van der Waals surface area contributed by atoms with Crippen LogP contribution < -0.4 is 10.5 Å². The summed E-state index contributed by atoms with van der Waals surface area (Å²) < 4.78 is 31.7. The van der Waals surface area contributed by atoms with E-state index in [9.17, 15) is 13.2 Å². The minimum Gasteiger partial charge on any atom is -0.419 e. The number of aromatic nitrogens is 2. The van der Waals surface area contributed by atoms with Crippen LogP contribution in [0.1, 0.15) is 42.6 Å². The molecule has 31 heavy (non-hydrogen) atoms. The van der Waals surface area contributed by atoms with Crippen LogP contribution in [0.3, 0.4) is 0 Å². The molecule has 0 fully saturated rings. The van der Waals surface area contributed by atoms with E-state index in [4.69, 9.17) is 10.2 Å². The van der Waals surface area contributed by atoms with Crippen LogP contribution in [-0.2, 0) is 22.0 Å². The zero-order valence-electron chi connectivity index (χ0n) is 17.9. The van der Waals surface area contributed by atoms with Gasteiger partial charge in [0.15, 0.2) is 5.78 Å². The van der Waals surface area contributed by atoms with Gasteiger partial charge in [-0.05, 0) is 37.1 Å². The largest absolute Gasteiger partial charge is 0.419 e. The fourth-order valence-electron chi connectivity index (χ4n) is 3.17. The molecule has 3 rings (SSSR count). The first-order chi connectivity index (χ1) is 14.4. The summed E-state index contributed by atoms with van der Waals surface area (Å²) in [4.78, 5) is 12.5. The molecule has 1 heterocycles. The van der Waals surface area contributed by atoms with Gasteiger partial charge in [-0.25, -0.2) is 8.42 Å². The lowest BCUT2D eigenvalue weighted by molar-refractivity contribution is 0.0939. The third-order valence-electron chi connectivity index (χ3n) is 4.62. The minimum absolute atomic E-state index is 0.133. The number of carbonyl (C=O) groups is 1. The van der Waals surface area contributed by atoms with Gasteiger partial charge in [-0.2, -0.15) is 0 Å². The van der Waals surface area contributed by atoms with Crippen LogP contribution in [0.2, 0.25) is 0 Å². The molecule has 3 N–H and O–H groups in total. The summed E-state index contributed by atoms with van der Waals surface area (Å²) in [5.74, 6) is -0.0112. The van der Waals surface area contributed by atoms with Gasteiger partial charge < -0.3 is 10.2 Å². The van der Waals surface area contributed by atoms with Crippen molar-refractivity contribution >= 4 is 21.5 Å². The fourth-order valence-corrected chi connectivity index (χ4v) is 3.71. The molecule has 0 bridgehead atoms. The molecule has 0 aliphatic carbocycles. The first-order valence-corrected chi connectivity index (χ1v) is 11.7. The van der Waals surface area contributed by atoms with Crippen molar-refractivity contribution in [2.45, 2.75) is 32.7 Å². The first kappa shape index (κ1) is 22.6. The molecule has 0 aliphatic heterocycles. The number of ketones is 1. The molecule has 0 saturated carbocycles. The van der Waals surface area contributed by atoms with E-state index < -0.39 is 15.6 Å². The van der Waals surface area contributed by atoms with Gasteiger partial charge in [0.25, 0.3) is 0 Å². The van der Waals surface area contributed by atoms with E-state index in [0.717, 1.165) is 11.8 Å². The number of hydrogen-bond acceptors (Lipinski definition) is 7. The van der Waals surface area contributed by atoms with E-state index >= 15 is 0 Å². The second-order valence-electron chi connectivity index (χ2n) is 8.18. The van der Waals surface area contributed by atoms with Gasteiger partial charge in [-0.1, -0.05) is 44.2 Å². The summed E-state index contributed by atoms with van der Waals surface area (Å²) in [5.41, 5.74) is 7.57. The predicted molar refractivity (Wildman–Crippen MR) is 119 cm³/mol. The van der Waals surface area contributed by atoms with Crippen LogP contribution >= 0.6 is 0 Å². The van der Waals surface area contributed by atoms with Gasteiger partial charge in [-0.3, -0.25) is 9.52 Å². The van der Waals surface area contributed by atoms with E-state index in [1.54, 1.807) is 32.9 Å². The van der Waals surface area contributed by atoms with Crippen molar-refractivity contribution in [3.63, 3.8) is 0 Å². The van der Waals surface area contributed by atoms with E-state index in [1.807, 2.05) is 30.3 Å². The minimum atomic E-state index is -3.54. The molecule has 2 aromatic carbocycles. The molecule has 0 aliphatic rings. The van der Waals surface area contributed by atoms with Crippen LogP contribution in [0.25, 0.3) is 11.5 Å². The Morgan fingerprint density at radius 2 is 1.84 bits per heavy atom. The highest BCUT2D eigenvalue weighted by Gasteiger charge is 2.29. The Morgan fingerprint density at radius 3 is 2.45 bits per heavy atom. The van der Waals surface area contributed by atoms with Crippen molar-refractivity contribution < 1.29 is 17.6 Å². The Hall–Kier alpha value is -3.04. The van der Waals surface area contributed by atoms with E-state index in [0.29, 0.717) is 17.5 Å². The summed E-state index contributed by atoms with van der Waals surface area (Å²) in [6, 6.07) is 14.4. The topological polar surface area (TPSA) is 128 Å². The van der Waals surface area contributed by atoms with Gasteiger partial charge in [0, 0.05) is 22.7 Å². The highest BCUT2D eigenvalue weighted by Crippen LogP contribution is 2.29. The lowest BCUT2D eigenvalue weighted by Crippen LogP contribution is -2.35. The number of hydrogen-bond donors (Lipinski definition) is 2. The number of nitrogens with two attached hydrogens (primary N) is 1. The van der Waals surface area contributed by atoms with Gasteiger partial charge in [-0.15, -0.1) is 10.2 Å². The normalized spacial score (nSPS) is 13.7. The molecule has 1 atom stereocenters. The molecule has 0 unspecified atom stereocenters. The summed E-state index contributed by atoms with van der Waals surface area (Å²) in [6.45, 7) is 5.34. The van der Waals surface area contributed by atoms with Crippen molar-refractivity contribution in [2.24, 2.45) is 11.7 Å². The molecule has 9 heteroatoms. The maximum absolute atomic E-state index is 12.5. The average Bonchev–Trinajstić information content (AvgIpc) is 3.17. The molecular weight excluding hydrogens is 416 g/mol. The zero-order chi connectivity index (χ0) is 22.8. The Balaban J connectivity index is 1.98. The zero-order valence-corrected chi connectivity index (χ0v) is 18.7. The number of carbonyl (C=O) groups excluding carboxylic acids is 1. The number of sulfonamides is 1. The highest BCUT2D eigenvalue weighted by molar-refractivity contribution is 7.92. The number of nitrogens with one attached hydrogen (secondary N) is 1. The van der Waals surface area contributed by atoms with E-state index in [-0.39, 0.29) is 29.2 Å². The monoisotopic (exact) mass is 442 g/mol. The van der Waals surface area contributed by atoms with Crippen molar-refractivity contribution in [1.82, 2.24) is 10.2 Å². The first-order valence-electron chi connectivity index (χ1n) is 9.79. The average molecular weight is 443 g/mol. The van der Waals surface area contributed by atoms with Gasteiger partial charge in [0.1, 0.15) is 0 Å². The SMILES string of the molecule is CC(C)C(=O)c1cc(NS(C)(=O)=O)cc(-c2nnc([C@@](C)(N)Cc3ccccc3)o2)c1. The smallest absolute Gasteiger partial charge is 0.247 e. The van der Waals surface area contributed by atoms with Crippen LogP contribution in [0.5, 0.6) is 0 Å². The van der Waals surface area contributed by atoms with Gasteiger partial charge >= 0.3 is 0 Å². The highest BCUT2D eigenvalue weighted by atomic mass is 32.2. The van der Waals surface area contributed by atoms with Crippen LogP contribution in [0.15, 0.2) is 52.9 Å². The molecule has 164 valence electrons. The lowest BCUT2D eigenvalue weighted by atomic mass is 9.94. The maximum Gasteiger partial charge on any atom is 0.247 e. The summed E-state index contributed by atoms with van der Waals surface area (Å²) >= 11 is 0. The lowest BCUT2D eigenvalue weighted by Gasteiger charge is -2.20. The van der Waals surface area contributed by atoms with Gasteiger partial charge in [0.05, 0.1) is 11.8 Å². The maximum atomic E-state index is 12.5. The Morgan fingerprint density at radius 1 is 1.16 bits per heavy atom.